The van der Waals surface area contributed by atoms with E-state index in [2.05, 4.69) is 34.6 Å². The second-order valence-electron chi connectivity index (χ2n) is 5.54. The number of guanidine groups is 1. The number of nitrogens with zero attached hydrogens (tertiary/aromatic N) is 2. The number of nitrogens with one attached hydrogen (secondary N) is 2. The van der Waals surface area contributed by atoms with Crippen molar-refractivity contribution in [2.45, 2.75) is 13.0 Å². The van der Waals surface area contributed by atoms with Gasteiger partial charge in [-0.1, -0.05) is 0 Å². The normalized spacial score (nSPS) is 10.9. The van der Waals surface area contributed by atoms with E-state index in [0.717, 1.165) is 31.0 Å². The van der Waals surface area contributed by atoms with Gasteiger partial charge in [-0.15, -0.1) is 24.0 Å². The van der Waals surface area contributed by atoms with E-state index in [-0.39, 0.29) is 24.0 Å². The van der Waals surface area contributed by atoms with Crippen LogP contribution in [-0.4, -0.2) is 66.4 Å². The fourth-order valence-corrected chi connectivity index (χ4v) is 2.25. The quantitative estimate of drug-likeness (QED) is 0.251. The summed E-state index contributed by atoms with van der Waals surface area (Å²) in [6, 6.07) is 3.85. The van der Waals surface area contributed by atoms with Gasteiger partial charge in [0.25, 0.3) is 0 Å². The lowest BCUT2D eigenvalue weighted by molar-refractivity contribution is 0.323. The fraction of sp³-hybridized carbons (Fsp3) is 0.588. The molecule has 1 aromatic carbocycles. The van der Waals surface area contributed by atoms with Crippen molar-refractivity contribution in [2.24, 2.45) is 4.99 Å². The molecule has 0 heterocycles. The molecule has 1 rings (SSSR count). The Hall–Kier alpha value is -1.42. The molecule has 7 nitrogen and oxygen atoms in total. The number of aliphatic imine (C=N–C) groups is 1. The molecule has 8 heteroatoms. The summed E-state index contributed by atoms with van der Waals surface area (Å²) in [7, 11) is 10.7. The Labute approximate surface area is 168 Å². The molecule has 0 aliphatic carbocycles. The molecule has 2 N–H and O–H groups in total. The molecule has 0 aliphatic rings. The molecule has 1 aromatic rings. The highest BCUT2D eigenvalue weighted by Gasteiger charge is 2.13. The van der Waals surface area contributed by atoms with Gasteiger partial charge in [0.2, 0.25) is 5.75 Å². The fourth-order valence-electron chi connectivity index (χ4n) is 2.25. The van der Waals surface area contributed by atoms with Crippen molar-refractivity contribution in [3.63, 3.8) is 0 Å². The minimum absolute atomic E-state index is 0. The smallest absolute Gasteiger partial charge is 0.203 e. The number of rotatable bonds is 9. The van der Waals surface area contributed by atoms with Crippen molar-refractivity contribution in [2.75, 3.05) is 55.6 Å². The van der Waals surface area contributed by atoms with Crippen LogP contribution in [0.1, 0.15) is 12.0 Å². The second kappa shape index (κ2) is 12.9. The topological polar surface area (TPSA) is 67.4 Å². The zero-order valence-electron chi connectivity index (χ0n) is 16.0. The van der Waals surface area contributed by atoms with Gasteiger partial charge in [0.15, 0.2) is 17.5 Å². The molecule has 0 saturated heterocycles. The molecule has 0 aliphatic heterocycles. The van der Waals surface area contributed by atoms with Crippen LogP contribution < -0.4 is 24.8 Å². The van der Waals surface area contributed by atoms with E-state index in [1.165, 1.54) is 0 Å². The Morgan fingerprint density at radius 1 is 1.04 bits per heavy atom. The predicted molar refractivity (Wildman–Crippen MR) is 113 cm³/mol. The Morgan fingerprint density at radius 2 is 1.64 bits per heavy atom. The van der Waals surface area contributed by atoms with Crippen molar-refractivity contribution in [1.29, 1.82) is 0 Å². The second-order valence-corrected chi connectivity index (χ2v) is 5.54. The summed E-state index contributed by atoms with van der Waals surface area (Å²) in [6.07, 6.45) is 1.05. The van der Waals surface area contributed by atoms with Crippen LogP contribution in [-0.2, 0) is 6.54 Å². The van der Waals surface area contributed by atoms with Gasteiger partial charge in [0, 0.05) is 20.1 Å². The van der Waals surface area contributed by atoms with E-state index in [1.807, 2.05) is 12.1 Å². The highest BCUT2D eigenvalue weighted by Crippen LogP contribution is 2.38. The Morgan fingerprint density at radius 3 is 2.08 bits per heavy atom. The maximum atomic E-state index is 5.37. The first-order valence-corrected chi connectivity index (χ1v) is 7.93. The highest BCUT2D eigenvalue weighted by molar-refractivity contribution is 14.0. The van der Waals surface area contributed by atoms with E-state index in [1.54, 1.807) is 28.4 Å². The van der Waals surface area contributed by atoms with Crippen LogP contribution in [0.5, 0.6) is 17.2 Å². The van der Waals surface area contributed by atoms with Gasteiger partial charge in [-0.2, -0.15) is 0 Å². The van der Waals surface area contributed by atoms with E-state index in [4.69, 9.17) is 14.2 Å². The van der Waals surface area contributed by atoms with E-state index >= 15 is 0 Å². The number of halogens is 1. The molecule has 0 bridgehead atoms. The SMILES string of the molecule is CN=C(NCCCN(C)C)NCc1cc(OC)c(OC)c(OC)c1.I. The maximum absolute atomic E-state index is 5.37. The molecule has 0 atom stereocenters. The van der Waals surface area contributed by atoms with Crippen LogP contribution >= 0.6 is 24.0 Å². The van der Waals surface area contributed by atoms with Gasteiger partial charge in [0.1, 0.15) is 0 Å². The average molecular weight is 466 g/mol. The third-order valence-corrected chi connectivity index (χ3v) is 3.48. The highest BCUT2D eigenvalue weighted by atomic mass is 127. The molecule has 0 radical (unpaired) electrons. The molecule has 25 heavy (non-hydrogen) atoms. The lowest BCUT2D eigenvalue weighted by Crippen LogP contribution is -2.38. The molecule has 0 saturated carbocycles. The summed E-state index contributed by atoms with van der Waals surface area (Å²) < 4.78 is 16.1. The van der Waals surface area contributed by atoms with Crippen molar-refractivity contribution in [1.82, 2.24) is 15.5 Å². The number of methoxy groups -OCH3 is 3. The first kappa shape index (κ1) is 23.6. The van der Waals surface area contributed by atoms with Crippen LogP contribution in [0.25, 0.3) is 0 Å². The number of hydrogen-bond donors (Lipinski definition) is 2. The predicted octanol–water partition coefficient (Wildman–Crippen LogP) is 1.95. The van der Waals surface area contributed by atoms with Crippen molar-refractivity contribution in [3.8, 4) is 17.2 Å². The van der Waals surface area contributed by atoms with E-state index in [9.17, 15) is 0 Å². The number of benzene rings is 1. The molecule has 0 amide bonds. The number of hydrogen-bond acceptors (Lipinski definition) is 5. The van der Waals surface area contributed by atoms with Crippen LogP contribution in [0, 0.1) is 0 Å². The van der Waals surface area contributed by atoms with Crippen LogP contribution in [0.15, 0.2) is 17.1 Å². The lowest BCUT2D eigenvalue weighted by Gasteiger charge is -2.16. The van der Waals surface area contributed by atoms with E-state index < -0.39 is 0 Å². The van der Waals surface area contributed by atoms with Crippen molar-refractivity contribution < 1.29 is 14.2 Å². The third-order valence-electron chi connectivity index (χ3n) is 3.48. The maximum Gasteiger partial charge on any atom is 0.203 e. The summed E-state index contributed by atoms with van der Waals surface area (Å²) in [5.74, 6) is 2.64. The molecule has 0 unspecified atom stereocenters. The zero-order chi connectivity index (χ0) is 17.9. The molecule has 0 aromatic heterocycles. The van der Waals surface area contributed by atoms with Gasteiger partial charge >= 0.3 is 0 Å². The van der Waals surface area contributed by atoms with Gasteiger partial charge in [-0.3, -0.25) is 4.99 Å². The minimum atomic E-state index is 0. The summed E-state index contributed by atoms with van der Waals surface area (Å²) >= 11 is 0. The molecular weight excluding hydrogens is 435 g/mol. The van der Waals surface area contributed by atoms with Crippen LogP contribution in [0.4, 0.5) is 0 Å². The van der Waals surface area contributed by atoms with Gasteiger partial charge in [-0.05, 0) is 44.8 Å². The van der Waals surface area contributed by atoms with Gasteiger partial charge < -0.3 is 29.7 Å². The Bertz CT molecular complexity index is 514. The molecule has 144 valence electrons. The van der Waals surface area contributed by atoms with Crippen molar-refractivity contribution in [3.05, 3.63) is 17.7 Å². The van der Waals surface area contributed by atoms with Gasteiger partial charge in [-0.25, -0.2) is 0 Å². The minimum Gasteiger partial charge on any atom is -0.493 e. The molecule has 0 spiro atoms. The summed E-state index contributed by atoms with van der Waals surface area (Å²) in [6.45, 7) is 2.51. The first-order valence-electron chi connectivity index (χ1n) is 7.93. The largest absolute Gasteiger partial charge is 0.493 e. The summed E-state index contributed by atoms with van der Waals surface area (Å²) in [4.78, 5) is 6.39. The van der Waals surface area contributed by atoms with Gasteiger partial charge in [0.05, 0.1) is 21.3 Å². The zero-order valence-corrected chi connectivity index (χ0v) is 18.3. The van der Waals surface area contributed by atoms with Crippen LogP contribution in [0.2, 0.25) is 0 Å². The Balaban J connectivity index is 0.00000576. The Kier molecular flexibility index (Phi) is 12.1. The standard InChI is InChI=1S/C17H30N4O3.HI/c1-18-17(19-8-7-9-21(2)3)20-12-13-10-14(22-4)16(24-6)15(11-13)23-5;/h10-11H,7-9,12H2,1-6H3,(H2,18,19,20);1H. The number of ether oxygens (including phenoxy) is 3. The van der Waals surface area contributed by atoms with Crippen molar-refractivity contribution >= 4 is 29.9 Å². The summed E-state index contributed by atoms with van der Waals surface area (Å²) in [5, 5.41) is 6.59. The van der Waals surface area contributed by atoms with E-state index in [0.29, 0.717) is 23.8 Å². The monoisotopic (exact) mass is 466 g/mol. The van der Waals surface area contributed by atoms with Crippen LogP contribution in [0.3, 0.4) is 0 Å². The first-order chi connectivity index (χ1) is 11.5. The third kappa shape index (κ3) is 8.00. The molecule has 0 fully saturated rings. The molecular formula is C17H31IN4O3. The average Bonchev–Trinajstić information content (AvgIpc) is 2.59. The summed E-state index contributed by atoms with van der Waals surface area (Å²) in [5.41, 5.74) is 1.01. The lowest BCUT2D eigenvalue weighted by atomic mass is 10.2.